The number of fused-ring (bicyclic) bond motifs is 1. The fourth-order valence-electron chi connectivity index (χ4n) is 3.45. The molecule has 0 aliphatic carbocycles. The van der Waals surface area contributed by atoms with Crippen LogP contribution >= 0.6 is 0 Å². The minimum absolute atomic E-state index is 0.0987. The van der Waals surface area contributed by atoms with Crippen LogP contribution in [0.3, 0.4) is 0 Å². The van der Waals surface area contributed by atoms with Crippen LogP contribution in [0.25, 0.3) is 11.0 Å². The summed E-state index contributed by atoms with van der Waals surface area (Å²) in [5.74, 6) is 2.39. The van der Waals surface area contributed by atoms with E-state index < -0.39 is 0 Å². The molecule has 7 nitrogen and oxygen atoms in total. The largest absolute Gasteiger partial charge is 0.493 e. The lowest BCUT2D eigenvalue weighted by atomic mass is 10.2. The van der Waals surface area contributed by atoms with Crippen LogP contribution < -0.4 is 19.5 Å². The molecule has 1 aromatic heterocycles. The third-order valence-corrected chi connectivity index (χ3v) is 5.09. The van der Waals surface area contributed by atoms with Gasteiger partial charge in [0, 0.05) is 11.8 Å². The van der Waals surface area contributed by atoms with Gasteiger partial charge < -0.3 is 24.1 Å². The fraction of sp³-hybridized carbons (Fsp3) is 0.200. The van der Waals surface area contributed by atoms with Crippen molar-refractivity contribution in [3.05, 3.63) is 78.1 Å². The Morgan fingerprint density at radius 3 is 2.47 bits per heavy atom. The van der Waals surface area contributed by atoms with E-state index in [1.54, 1.807) is 32.4 Å². The normalized spacial score (nSPS) is 10.7. The number of carbonyl (C=O) groups excluding carboxylic acids is 1. The highest BCUT2D eigenvalue weighted by atomic mass is 16.5. The van der Waals surface area contributed by atoms with E-state index in [9.17, 15) is 4.79 Å². The highest BCUT2D eigenvalue weighted by Gasteiger charge is 2.15. The van der Waals surface area contributed by atoms with Gasteiger partial charge in [0.1, 0.15) is 24.7 Å². The highest BCUT2D eigenvalue weighted by Crippen LogP contribution is 2.29. The van der Waals surface area contributed by atoms with E-state index in [0.717, 1.165) is 22.3 Å². The molecule has 3 aromatic carbocycles. The number of rotatable bonds is 8. The van der Waals surface area contributed by atoms with Crippen LogP contribution in [0, 0.1) is 6.92 Å². The Balaban J connectivity index is 1.54. The molecule has 0 bridgehead atoms. The molecule has 0 atom stereocenters. The molecule has 0 aliphatic rings. The predicted octanol–water partition coefficient (Wildman–Crippen LogP) is 4.58. The summed E-state index contributed by atoms with van der Waals surface area (Å²) in [4.78, 5) is 17.5. The molecular formula is C25H25N3O4. The van der Waals surface area contributed by atoms with Crippen molar-refractivity contribution in [3.63, 3.8) is 0 Å². The number of ether oxygens (including phenoxy) is 3. The topological polar surface area (TPSA) is 74.6 Å². The number of nitrogens with one attached hydrogen (secondary N) is 1. The smallest absolute Gasteiger partial charge is 0.244 e. The molecule has 164 valence electrons. The van der Waals surface area contributed by atoms with Gasteiger partial charge in [0.25, 0.3) is 0 Å². The van der Waals surface area contributed by atoms with E-state index in [-0.39, 0.29) is 19.1 Å². The molecule has 4 aromatic rings. The van der Waals surface area contributed by atoms with E-state index >= 15 is 0 Å². The number of aromatic nitrogens is 2. The van der Waals surface area contributed by atoms with Crippen LogP contribution in [0.5, 0.6) is 17.2 Å². The molecule has 1 N–H and O–H groups in total. The van der Waals surface area contributed by atoms with Crippen molar-refractivity contribution in [2.24, 2.45) is 0 Å². The second-order valence-corrected chi connectivity index (χ2v) is 7.32. The number of aryl methyl sites for hydroxylation is 1. The Bertz CT molecular complexity index is 1230. The fourth-order valence-corrected chi connectivity index (χ4v) is 3.45. The van der Waals surface area contributed by atoms with E-state index in [2.05, 4.69) is 10.3 Å². The van der Waals surface area contributed by atoms with Crippen LogP contribution in [0.15, 0.2) is 66.7 Å². The molecule has 0 saturated heterocycles. The molecule has 0 spiro atoms. The van der Waals surface area contributed by atoms with Gasteiger partial charge in [-0.3, -0.25) is 4.79 Å². The minimum Gasteiger partial charge on any atom is -0.493 e. The molecule has 1 heterocycles. The maximum atomic E-state index is 12.9. The number of carbonyl (C=O) groups is 1. The molecule has 1 amide bonds. The number of anilines is 1. The number of hydrogen-bond donors (Lipinski definition) is 1. The summed E-state index contributed by atoms with van der Waals surface area (Å²) < 4.78 is 18.4. The molecule has 32 heavy (non-hydrogen) atoms. The Morgan fingerprint density at radius 2 is 1.72 bits per heavy atom. The Hall–Kier alpha value is -4.00. The van der Waals surface area contributed by atoms with Crippen LogP contribution in [0.2, 0.25) is 0 Å². The average Bonchev–Trinajstić information content (AvgIpc) is 3.15. The van der Waals surface area contributed by atoms with Gasteiger partial charge in [-0.1, -0.05) is 29.8 Å². The highest BCUT2D eigenvalue weighted by molar-refractivity contribution is 5.92. The number of benzene rings is 3. The number of nitrogens with zero attached hydrogens (tertiary/aromatic N) is 2. The van der Waals surface area contributed by atoms with E-state index in [1.807, 2.05) is 60.0 Å². The first-order valence-corrected chi connectivity index (χ1v) is 10.2. The second-order valence-electron chi connectivity index (χ2n) is 7.32. The number of hydrogen-bond acceptors (Lipinski definition) is 5. The summed E-state index contributed by atoms with van der Waals surface area (Å²) in [5, 5.41) is 2.91. The monoisotopic (exact) mass is 431 g/mol. The van der Waals surface area contributed by atoms with Crippen molar-refractivity contribution >= 4 is 22.6 Å². The quantitative estimate of drug-likeness (QED) is 0.442. The molecular weight excluding hydrogens is 406 g/mol. The Kier molecular flexibility index (Phi) is 6.26. The Morgan fingerprint density at radius 1 is 0.969 bits per heavy atom. The lowest BCUT2D eigenvalue weighted by Crippen LogP contribution is -2.20. The van der Waals surface area contributed by atoms with Gasteiger partial charge in [0.15, 0.2) is 11.5 Å². The minimum atomic E-state index is -0.183. The Labute approximate surface area is 186 Å². The van der Waals surface area contributed by atoms with Crippen LogP contribution in [0.1, 0.15) is 11.4 Å². The van der Waals surface area contributed by atoms with Gasteiger partial charge in [-0.15, -0.1) is 0 Å². The summed E-state index contributed by atoms with van der Waals surface area (Å²) in [6.07, 6.45) is 0. The van der Waals surface area contributed by atoms with E-state index in [4.69, 9.17) is 14.2 Å². The molecule has 4 rings (SSSR count). The first-order chi connectivity index (χ1) is 15.6. The van der Waals surface area contributed by atoms with Crippen molar-refractivity contribution in [1.82, 2.24) is 9.55 Å². The van der Waals surface area contributed by atoms with Gasteiger partial charge in [-0.05, 0) is 43.3 Å². The zero-order valence-corrected chi connectivity index (χ0v) is 18.3. The molecule has 0 fully saturated rings. The van der Waals surface area contributed by atoms with Crippen molar-refractivity contribution in [3.8, 4) is 17.2 Å². The van der Waals surface area contributed by atoms with Gasteiger partial charge in [-0.2, -0.15) is 0 Å². The van der Waals surface area contributed by atoms with Gasteiger partial charge in [0.2, 0.25) is 5.91 Å². The van der Waals surface area contributed by atoms with Gasteiger partial charge in [0.05, 0.1) is 25.3 Å². The van der Waals surface area contributed by atoms with Gasteiger partial charge >= 0.3 is 0 Å². The summed E-state index contributed by atoms with van der Waals surface area (Å²) in [7, 11) is 3.13. The zero-order chi connectivity index (χ0) is 22.5. The third kappa shape index (κ3) is 4.67. The van der Waals surface area contributed by atoms with Crippen molar-refractivity contribution in [1.29, 1.82) is 0 Å². The summed E-state index contributed by atoms with van der Waals surface area (Å²) in [5.41, 5.74) is 3.47. The third-order valence-electron chi connectivity index (χ3n) is 5.09. The molecule has 0 unspecified atom stereocenters. The lowest BCUT2D eigenvalue weighted by Gasteiger charge is -2.13. The van der Waals surface area contributed by atoms with Crippen molar-refractivity contribution in [2.75, 3.05) is 19.5 Å². The second kappa shape index (κ2) is 9.43. The van der Waals surface area contributed by atoms with Crippen LogP contribution in [-0.2, 0) is 17.9 Å². The number of para-hydroxylation sites is 2. The van der Waals surface area contributed by atoms with Crippen molar-refractivity contribution < 1.29 is 19.0 Å². The molecule has 0 saturated carbocycles. The summed E-state index contributed by atoms with van der Waals surface area (Å²) in [6, 6.07) is 20.8. The zero-order valence-electron chi connectivity index (χ0n) is 18.3. The summed E-state index contributed by atoms with van der Waals surface area (Å²) in [6.45, 7) is 2.38. The van der Waals surface area contributed by atoms with E-state index in [0.29, 0.717) is 23.0 Å². The molecule has 7 heteroatoms. The number of amides is 1. The molecule has 0 radical (unpaired) electrons. The first-order valence-electron chi connectivity index (χ1n) is 10.2. The van der Waals surface area contributed by atoms with Gasteiger partial charge in [-0.25, -0.2) is 4.98 Å². The average molecular weight is 431 g/mol. The maximum Gasteiger partial charge on any atom is 0.244 e. The molecule has 0 aliphatic heterocycles. The SMILES string of the molecule is COc1ccc(NC(=O)Cn2c(COc3ccc(C)cc3)nc3ccccc32)cc1OC. The van der Waals surface area contributed by atoms with Crippen LogP contribution in [-0.4, -0.2) is 29.7 Å². The van der Waals surface area contributed by atoms with Crippen LogP contribution in [0.4, 0.5) is 5.69 Å². The predicted molar refractivity (Wildman–Crippen MR) is 123 cm³/mol. The first kappa shape index (κ1) is 21.2. The van der Waals surface area contributed by atoms with E-state index in [1.165, 1.54) is 0 Å². The summed E-state index contributed by atoms with van der Waals surface area (Å²) >= 11 is 0. The standard InChI is InChI=1S/C25H25N3O4/c1-17-8-11-19(12-9-17)32-16-24-27-20-6-4-5-7-21(20)28(24)15-25(29)26-18-10-13-22(30-2)23(14-18)31-3/h4-14H,15-16H2,1-3H3,(H,26,29). The lowest BCUT2D eigenvalue weighted by molar-refractivity contribution is -0.116. The maximum absolute atomic E-state index is 12.9. The van der Waals surface area contributed by atoms with Crippen molar-refractivity contribution in [2.45, 2.75) is 20.1 Å². The number of imidazole rings is 1. The number of methoxy groups -OCH3 is 2.